The smallest absolute Gasteiger partial charge is 0.240 e. The lowest BCUT2D eigenvalue weighted by Crippen LogP contribution is -2.22. The molecule has 0 unspecified atom stereocenters. The molecule has 1 rings (SSSR count). The number of rotatable bonds is 4. The van der Waals surface area contributed by atoms with Gasteiger partial charge in [-0.25, -0.2) is 17.9 Å². The first-order chi connectivity index (χ1) is 7.30. The van der Waals surface area contributed by atoms with Crippen LogP contribution in [0.25, 0.3) is 0 Å². The zero-order chi connectivity index (χ0) is 12.3. The molecule has 0 aliphatic rings. The van der Waals surface area contributed by atoms with Gasteiger partial charge < -0.3 is 5.32 Å². The van der Waals surface area contributed by atoms with E-state index in [1.807, 2.05) is 13.8 Å². The molecule has 16 heavy (non-hydrogen) atoms. The van der Waals surface area contributed by atoms with Gasteiger partial charge in [0.1, 0.15) is 10.7 Å². The SMILES string of the molecule is CC(C)NCc1ccc(S(N)(=O)=O)c(F)c1. The maximum Gasteiger partial charge on any atom is 0.240 e. The Hall–Kier alpha value is -0.980. The van der Waals surface area contributed by atoms with Crippen molar-refractivity contribution in [1.82, 2.24) is 5.32 Å². The van der Waals surface area contributed by atoms with Crippen molar-refractivity contribution in [1.29, 1.82) is 0 Å². The first kappa shape index (κ1) is 13.1. The Morgan fingerprint density at radius 1 is 1.44 bits per heavy atom. The number of nitrogens with one attached hydrogen (secondary N) is 1. The van der Waals surface area contributed by atoms with Crippen LogP contribution in [0.4, 0.5) is 4.39 Å². The Kier molecular flexibility index (Phi) is 4.01. The van der Waals surface area contributed by atoms with Gasteiger partial charge in [-0.3, -0.25) is 0 Å². The van der Waals surface area contributed by atoms with Crippen LogP contribution in [0.2, 0.25) is 0 Å². The molecule has 0 saturated heterocycles. The Morgan fingerprint density at radius 2 is 2.06 bits per heavy atom. The lowest BCUT2D eigenvalue weighted by atomic mass is 10.2. The summed E-state index contributed by atoms with van der Waals surface area (Å²) in [6.07, 6.45) is 0. The van der Waals surface area contributed by atoms with Gasteiger partial charge in [0.15, 0.2) is 0 Å². The standard InChI is InChI=1S/C10H15FN2O2S/c1-7(2)13-6-8-3-4-10(9(11)5-8)16(12,14)15/h3-5,7,13H,6H2,1-2H3,(H2,12,14,15). The highest BCUT2D eigenvalue weighted by Gasteiger charge is 2.14. The molecule has 0 amide bonds. The van der Waals surface area contributed by atoms with Crippen molar-refractivity contribution in [3.8, 4) is 0 Å². The van der Waals surface area contributed by atoms with Crippen LogP contribution in [0, 0.1) is 5.82 Å². The minimum atomic E-state index is -3.98. The van der Waals surface area contributed by atoms with E-state index in [0.29, 0.717) is 12.1 Å². The molecule has 0 atom stereocenters. The topological polar surface area (TPSA) is 72.2 Å². The second-order valence-corrected chi connectivity index (χ2v) is 5.38. The maximum absolute atomic E-state index is 13.4. The summed E-state index contributed by atoms with van der Waals surface area (Å²) < 4.78 is 35.3. The molecule has 0 spiro atoms. The van der Waals surface area contributed by atoms with Crippen LogP contribution >= 0.6 is 0 Å². The fourth-order valence-corrected chi connectivity index (χ4v) is 1.80. The summed E-state index contributed by atoms with van der Waals surface area (Å²) in [5, 5.41) is 7.95. The summed E-state index contributed by atoms with van der Waals surface area (Å²) in [4.78, 5) is -0.471. The Morgan fingerprint density at radius 3 is 2.50 bits per heavy atom. The summed E-state index contributed by atoms with van der Waals surface area (Å²) in [6, 6.07) is 4.18. The Bertz CT molecular complexity index is 472. The lowest BCUT2D eigenvalue weighted by molar-refractivity contribution is 0.559. The number of benzene rings is 1. The lowest BCUT2D eigenvalue weighted by Gasteiger charge is -2.09. The van der Waals surface area contributed by atoms with Crippen LogP contribution < -0.4 is 10.5 Å². The van der Waals surface area contributed by atoms with Crippen LogP contribution in [0.1, 0.15) is 19.4 Å². The van der Waals surface area contributed by atoms with E-state index in [1.54, 1.807) is 0 Å². The molecule has 0 aliphatic heterocycles. The molecule has 0 aliphatic carbocycles. The predicted octanol–water partition coefficient (Wildman–Crippen LogP) is 0.971. The second kappa shape index (κ2) is 4.90. The highest BCUT2D eigenvalue weighted by molar-refractivity contribution is 7.89. The molecule has 0 radical (unpaired) electrons. The first-order valence-electron chi connectivity index (χ1n) is 4.85. The normalized spacial score (nSPS) is 12.1. The molecule has 3 N–H and O–H groups in total. The minimum Gasteiger partial charge on any atom is -0.310 e. The van der Waals surface area contributed by atoms with Gasteiger partial charge >= 0.3 is 0 Å². The monoisotopic (exact) mass is 246 g/mol. The van der Waals surface area contributed by atoms with Gasteiger partial charge in [-0.15, -0.1) is 0 Å². The third-order valence-electron chi connectivity index (χ3n) is 2.02. The third-order valence-corrected chi connectivity index (χ3v) is 2.96. The summed E-state index contributed by atoms with van der Waals surface area (Å²) in [5.41, 5.74) is 0.679. The molecule has 0 fully saturated rings. The van der Waals surface area contributed by atoms with Crippen LogP contribution in [-0.4, -0.2) is 14.5 Å². The van der Waals surface area contributed by atoms with Crippen molar-refractivity contribution < 1.29 is 12.8 Å². The Balaban J connectivity index is 2.92. The van der Waals surface area contributed by atoms with Crippen LogP contribution in [0.5, 0.6) is 0 Å². The number of nitrogens with two attached hydrogens (primary N) is 1. The van der Waals surface area contributed by atoms with Crippen LogP contribution in [-0.2, 0) is 16.6 Å². The third kappa shape index (κ3) is 3.55. The number of hydrogen-bond acceptors (Lipinski definition) is 3. The van der Waals surface area contributed by atoms with Crippen LogP contribution in [0.3, 0.4) is 0 Å². The summed E-state index contributed by atoms with van der Waals surface area (Å²) >= 11 is 0. The minimum absolute atomic E-state index is 0.279. The molecule has 1 aromatic carbocycles. The van der Waals surface area contributed by atoms with Gasteiger partial charge in [-0.05, 0) is 17.7 Å². The fourth-order valence-electron chi connectivity index (χ4n) is 1.21. The van der Waals surface area contributed by atoms with Gasteiger partial charge in [0.25, 0.3) is 0 Å². The first-order valence-corrected chi connectivity index (χ1v) is 6.40. The van der Waals surface area contributed by atoms with E-state index >= 15 is 0 Å². The van der Waals surface area contributed by atoms with Gasteiger partial charge in [-0.2, -0.15) is 0 Å². The number of hydrogen-bond donors (Lipinski definition) is 2. The van der Waals surface area contributed by atoms with Gasteiger partial charge in [0, 0.05) is 12.6 Å². The quantitative estimate of drug-likeness (QED) is 0.831. The van der Waals surface area contributed by atoms with Crippen molar-refractivity contribution in [3.05, 3.63) is 29.6 Å². The van der Waals surface area contributed by atoms with E-state index in [-0.39, 0.29) is 6.04 Å². The predicted molar refractivity (Wildman–Crippen MR) is 59.7 cm³/mol. The molecule has 0 bridgehead atoms. The molecule has 90 valence electrons. The molecule has 1 aromatic rings. The van der Waals surface area contributed by atoms with E-state index in [9.17, 15) is 12.8 Å². The Labute approximate surface area is 94.7 Å². The molecule has 0 heterocycles. The van der Waals surface area contributed by atoms with Gasteiger partial charge in [-0.1, -0.05) is 19.9 Å². The van der Waals surface area contributed by atoms with Gasteiger partial charge in [0.05, 0.1) is 0 Å². The summed E-state index contributed by atoms with van der Waals surface area (Å²) in [5.74, 6) is -0.814. The average molecular weight is 246 g/mol. The molecule has 6 heteroatoms. The highest BCUT2D eigenvalue weighted by Crippen LogP contribution is 2.14. The maximum atomic E-state index is 13.4. The second-order valence-electron chi connectivity index (χ2n) is 3.85. The highest BCUT2D eigenvalue weighted by atomic mass is 32.2. The van der Waals surface area contributed by atoms with Crippen molar-refractivity contribution in [2.75, 3.05) is 0 Å². The zero-order valence-electron chi connectivity index (χ0n) is 9.20. The van der Waals surface area contributed by atoms with E-state index < -0.39 is 20.7 Å². The number of halogens is 1. The van der Waals surface area contributed by atoms with Crippen molar-refractivity contribution >= 4 is 10.0 Å². The molecule has 0 aromatic heterocycles. The van der Waals surface area contributed by atoms with E-state index in [4.69, 9.17) is 5.14 Å². The summed E-state index contributed by atoms with van der Waals surface area (Å²) in [6.45, 7) is 4.42. The van der Waals surface area contributed by atoms with Crippen molar-refractivity contribution in [2.24, 2.45) is 5.14 Å². The number of primary sulfonamides is 1. The fraction of sp³-hybridized carbons (Fsp3) is 0.400. The molecular weight excluding hydrogens is 231 g/mol. The molecular formula is C10H15FN2O2S. The van der Waals surface area contributed by atoms with Crippen molar-refractivity contribution in [3.63, 3.8) is 0 Å². The van der Waals surface area contributed by atoms with Gasteiger partial charge in [0.2, 0.25) is 10.0 Å². The van der Waals surface area contributed by atoms with Crippen LogP contribution in [0.15, 0.2) is 23.1 Å². The average Bonchev–Trinajstić information content (AvgIpc) is 2.12. The zero-order valence-corrected chi connectivity index (χ0v) is 10.0. The van der Waals surface area contributed by atoms with E-state index in [0.717, 1.165) is 0 Å². The van der Waals surface area contributed by atoms with E-state index in [2.05, 4.69) is 5.32 Å². The summed E-state index contributed by atoms with van der Waals surface area (Å²) in [7, 11) is -3.98. The van der Waals surface area contributed by atoms with Crippen molar-refractivity contribution in [2.45, 2.75) is 31.3 Å². The number of sulfonamides is 1. The largest absolute Gasteiger partial charge is 0.310 e. The molecule has 0 saturated carbocycles. The molecule has 4 nitrogen and oxygen atoms in total. The van der Waals surface area contributed by atoms with E-state index in [1.165, 1.54) is 18.2 Å².